The molecule has 0 bridgehead atoms. The number of thiocarbonyl (C=S) groups is 1. The number of thiazole rings is 1. The number of rotatable bonds is 4. The molecule has 0 saturated heterocycles. The monoisotopic (exact) mass is 434 g/mol. The SMILES string of the molecule is O=C(NC(=S)Nc1cccc(-c2nc3ccccc3s2)c1)c1ccc([N+](=O)[O-])cc1. The van der Waals surface area contributed by atoms with Crippen LogP contribution in [0.5, 0.6) is 0 Å². The van der Waals surface area contributed by atoms with Crippen LogP contribution < -0.4 is 10.6 Å². The number of nitrogens with one attached hydrogen (secondary N) is 2. The van der Waals surface area contributed by atoms with Crippen molar-refractivity contribution in [3.05, 3.63) is 88.5 Å². The van der Waals surface area contributed by atoms with E-state index in [1.165, 1.54) is 24.3 Å². The van der Waals surface area contributed by atoms with Crippen LogP contribution in [0.4, 0.5) is 11.4 Å². The number of carbonyl (C=O) groups excluding carboxylic acids is 1. The second-order valence-electron chi connectivity index (χ2n) is 6.28. The number of hydrogen-bond acceptors (Lipinski definition) is 6. The molecule has 0 spiro atoms. The van der Waals surface area contributed by atoms with Crippen molar-refractivity contribution < 1.29 is 9.72 Å². The van der Waals surface area contributed by atoms with Gasteiger partial charge in [-0.25, -0.2) is 4.98 Å². The first-order valence-electron chi connectivity index (χ1n) is 8.82. The van der Waals surface area contributed by atoms with E-state index in [1.54, 1.807) is 11.3 Å². The summed E-state index contributed by atoms with van der Waals surface area (Å²) in [7, 11) is 0. The quantitative estimate of drug-likeness (QED) is 0.267. The number of anilines is 1. The Morgan fingerprint density at radius 1 is 1.03 bits per heavy atom. The molecule has 0 saturated carbocycles. The third-order valence-corrected chi connectivity index (χ3v) is 5.52. The molecule has 4 aromatic rings. The number of nitrogens with zero attached hydrogens (tertiary/aromatic N) is 2. The Labute approximate surface area is 180 Å². The molecule has 9 heteroatoms. The van der Waals surface area contributed by atoms with E-state index in [-0.39, 0.29) is 16.4 Å². The molecule has 0 radical (unpaired) electrons. The first kappa shape index (κ1) is 19.6. The number of hydrogen-bond donors (Lipinski definition) is 2. The predicted octanol–water partition coefficient (Wildman–Crippen LogP) is 5.00. The van der Waals surface area contributed by atoms with E-state index >= 15 is 0 Å². The standard InChI is InChI=1S/C21H14N4O3S2/c26-19(13-8-10-16(11-9-13)25(27)28)24-21(29)22-15-5-3-4-14(12-15)20-23-17-6-1-2-7-18(17)30-20/h1-12H,(H2,22,24,26,29). The van der Waals surface area contributed by atoms with E-state index in [1.807, 2.05) is 48.5 Å². The van der Waals surface area contributed by atoms with Gasteiger partial charge in [0.1, 0.15) is 5.01 Å². The maximum atomic E-state index is 12.3. The lowest BCUT2D eigenvalue weighted by Gasteiger charge is -2.10. The van der Waals surface area contributed by atoms with Crippen molar-refractivity contribution >= 4 is 56.2 Å². The fraction of sp³-hybridized carbons (Fsp3) is 0. The largest absolute Gasteiger partial charge is 0.332 e. The van der Waals surface area contributed by atoms with Crippen LogP contribution in [-0.4, -0.2) is 20.9 Å². The Bertz CT molecular complexity index is 1240. The zero-order chi connectivity index (χ0) is 21.1. The van der Waals surface area contributed by atoms with Crippen molar-refractivity contribution in [2.45, 2.75) is 0 Å². The summed E-state index contributed by atoms with van der Waals surface area (Å²) in [6, 6.07) is 20.8. The van der Waals surface area contributed by atoms with Crippen LogP contribution in [0.3, 0.4) is 0 Å². The van der Waals surface area contributed by atoms with Gasteiger partial charge in [-0.3, -0.25) is 20.2 Å². The highest BCUT2D eigenvalue weighted by atomic mass is 32.1. The van der Waals surface area contributed by atoms with Crippen molar-refractivity contribution in [2.24, 2.45) is 0 Å². The number of nitro groups is 1. The van der Waals surface area contributed by atoms with E-state index in [0.29, 0.717) is 5.69 Å². The molecule has 1 amide bonds. The first-order valence-corrected chi connectivity index (χ1v) is 10.0. The molecule has 0 aliphatic heterocycles. The lowest BCUT2D eigenvalue weighted by molar-refractivity contribution is -0.384. The highest BCUT2D eigenvalue weighted by Gasteiger charge is 2.12. The maximum absolute atomic E-state index is 12.3. The molecule has 30 heavy (non-hydrogen) atoms. The van der Waals surface area contributed by atoms with Crippen LogP contribution in [0.15, 0.2) is 72.8 Å². The van der Waals surface area contributed by atoms with Gasteiger partial charge in [0, 0.05) is 28.9 Å². The normalized spacial score (nSPS) is 10.5. The molecule has 1 heterocycles. The Morgan fingerprint density at radius 2 is 1.80 bits per heavy atom. The van der Waals surface area contributed by atoms with Gasteiger partial charge >= 0.3 is 0 Å². The summed E-state index contributed by atoms with van der Waals surface area (Å²) < 4.78 is 1.11. The number of carbonyl (C=O) groups is 1. The van der Waals surface area contributed by atoms with Gasteiger partial charge in [-0.1, -0.05) is 24.3 Å². The van der Waals surface area contributed by atoms with E-state index in [0.717, 1.165) is 20.8 Å². The van der Waals surface area contributed by atoms with Gasteiger partial charge in [0.2, 0.25) is 0 Å². The predicted molar refractivity (Wildman–Crippen MR) is 122 cm³/mol. The number of non-ortho nitro benzene ring substituents is 1. The van der Waals surface area contributed by atoms with Crippen LogP contribution >= 0.6 is 23.6 Å². The highest BCUT2D eigenvalue weighted by Crippen LogP contribution is 2.31. The van der Waals surface area contributed by atoms with Crippen LogP contribution in [0.1, 0.15) is 10.4 Å². The third-order valence-electron chi connectivity index (χ3n) is 4.23. The topological polar surface area (TPSA) is 97.2 Å². The van der Waals surface area contributed by atoms with Crippen molar-refractivity contribution in [3.63, 3.8) is 0 Å². The second kappa shape index (κ2) is 8.36. The number of aromatic nitrogens is 1. The summed E-state index contributed by atoms with van der Waals surface area (Å²) in [5.41, 5.74) is 2.78. The third kappa shape index (κ3) is 4.32. The molecule has 0 fully saturated rings. The molecule has 4 rings (SSSR count). The van der Waals surface area contributed by atoms with E-state index in [4.69, 9.17) is 12.2 Å². The molecule has 1 aromatic heterocycles. The van der Waals surface area contributed by atoms with Crippen molar-refractivity contribution in [2.75, 3.05) is 5.32 Å². The minimum atomic E-state index is -0.522. The van der Waals surface area contributed by atoms with E-state index in [9.17, 15) is 14.9 Å². The molecule has 2 N–H and O–H groups in total. The van der Waals surface area contributed by atoms with Gasteiger partial charge in [-0.15, -0.1) is 11.3 Å². The van der Waals surface area contributed by atoms with E-state index in [2.05, 4.69) is 15.6 Å². The molecule has 0 aliphatic rings. The molecule has 7 nitrogen and oxygen atoms in total. The molecular weight excluding hydrogens is 420 g/mol. The lowest BCUT2D eigenvalue weighted by Crippen LogP contribution is -2.34. The lowest BCUT2D eigenvalue weighted by atomic mass is 10.2. The summed E-state index contributed by atoms with van der Waals surface area (Å²) in [5.74, 6) is -0.454. The number of para-hydroxylation sites is 1. The van der Waals surface area contributed by atoms with Gasteiger partial charge in [0.15, 0.2) is 5.11 Å². The zero-order valence-electron chi connectivity index (χ0n) is 15.4. The molecule has 0 aliphatic carbocycles. The maximum Gasteiger partial charge on any atom is 0.269 e. The molecule has 0 unspecified atom stereocenters. The van der Waals surface area contributed by atoms with Gasteiger partial charge < -0.3 is 5.32 Å². The summed E-state index contributed by atoms with van der Waals surface area (Å²) >= 11 is 6.83. The Balaban J connectivity index is 1.45. The second-order valence-corrected chi connectivity index (χ2v) is 7.72. The van der Waals surface area contributed by atoms with Gasteiger partial charge in [0.05, 0.1) is 15.1 Å². The summed E-state index contributed by atoms with van der Waals surface area (Å²) in [6.07, 6.45) is 0. The Kier molecular flexibility index (Phi) is 5.46. The van der Waals surface area contributed by atoms with Crippen molar-refractivity contribution in [3.8, 4) is 10.6 Å². The molecule has 148 valence electrons. The highest BCUT2D eigenvalue weighted by molar-refractivity contribution is 7.80. The Morgan fingerprint density at radius 3 is 2.53 bits per heavy atom. The molecule has 3 aromatic carbocycles. The van der Waals surface area contributed by atoms with Crippen molar-refractivity contribution in [1.82, 2.24) is 10.3 Å². The molecular formula is C21H14N4O3S2. The average Bonchev–Trinajstić information content (AvgIpc) is 3.18. The van der Waals surface area contributed by atoms with Crippen LogP contribution in [0.2, 0.25) is 0 Å². The Hall–Kier alpha value is -3.69. The van der Waals surface area contributed by atoms with Crippen LogP contribution in [-0.2, 0) is 0 Å². The fourth-order valence-corrected chi connectivity index (χ4v) is 3.97. The number of amides is 1. The van der Waals surface area contributed by atoms with Gasteiger partial charge in [-0.05, 0) is 48.6 Å². The number of nitro benzene ring substituents is 1. The van der Waals surface area contributed by atoms with E-state index < -0.39 is 10.8 Å². The molecule has 0 atom stereocenters. The fourth-order valence-electron chi connectivity index (χ4n) is 2.80. The minimum absolute atomic E-state index is 0.0843. The summed E-state index contributed by atoms with van der Waals surface area (Å²) in [5, 5.41) is 17.3. The van der Waals surface area contributed by atoms with Crippen LogP contribution in [0, 0.1) is 10.1 Å². The average molecular weight is 435 g/mol. The first-order chi connectivity index (χ1) is 14.5. The number of fused-ring (bicyclic) bond motifs is 1. The van der Waals surface area contributed by atoms with Gasteiger partial charge in [-0.2, -0.15) is 0 Å². The summed E-state index contributed by atoms with van der Waals surface area (Å²) in [6.45, 7) is 0. The number of benzene rings is 3. The van der Waals surface area contributed by atoms with Gasteiger partial charge in [0.25, 0.3) is 11.6 Å². The summed E-state index contributed by atoms with van der Waals surface area (Å²) in [4.78, 5) is 27.1. The minimum Gasteiger partial charge on any atom is -0.332 e. The zero-order valence-corrected chi connectivity index (χ0v) is 17.0. The van der Waals surface area contributed by atoms with Crippen molar-refractivity contribution in [1.29, 1.82) is 0 Å². The smallest absolute Gasteiger partial charge is 0.269 e. The van der Waals surface area contributed by atoms with Crippen LogP contribution in [0.25, 0.3) is 20.8 Å².